The Bertz CT molecular complexity index is 955. The molecule has 2 aliphatic carbocycles. The number of nitrogens with one attached hydrogen (secondary N) is 2. The van der Waals surface area contributed by atoms with Crippen molar-refractivity contribution in [3.05, 3.63) is 28.2 Å². The minimum absolute atomic E-state index is 0.0521. The summed E-state index contributed by atoms with van der Waals surface area (Å²) in [6, 6.07) is 4.14. The summed E-state index contributed by atoms with van der Waals surface area (Å²) in [7, 11) is 0. The SMILES string of the molecule is O=C[C@H](C[C@@H]1CCNC1=O)NC(=O)[C@H]1CC(C(=O)COc2ccc(Cl)cc2Cl)CC2CCC[C@@H]21. The van der Waals surface area contributed by atoms with Crippen LogP contribution in [0.5, 0.6) is 5.75 Å². The van der Waals surface area contributed by atoms with Gasteiger partial charge in [0.1, 0.15) is 18.6 Å². The lowest BCUT2D eigenvalue weighted by atomic mass is 9.67. The number of carbonyl (C=O) groups is 4. The van der Waals surface area contributed by atoms with Gasteiger partial charge >= 0.3 is 0 Å². The predicted octanol–water partition coefficient (Wildman–Crippen LogP) is 3.59. The molecule has 1 aromatic carbocycles. The number of halogens is 2. The van der Waals surface area contributed by atoms with Crippen LogP contribution in [0.3, 0.4) is 0 Å². The van der Waals surface area contributed by atoms with Crippen molar-refractivity contribution in [1.82, 2.24) is 10.6 Å². The van der Waals surface area contributed by atoms with Gasteiger partial charge in [0.25, 0.3) is 0 Å². The number of rotatable bonds is 9. The van der Waals surface area contributed by atoms with Crippen molar-refractivity contribution in [2.45, 2.75) is 51.0 Å². The molecule has 0 radical (unpaired) electrons. The second-order valence-electron chi connectivity index (χ2n) is 9.72. The fourth-order valence-electron chi connectivity index (χ4n) is 5.87. The van der Waals surface area contributed by atoms with Crippen LogP contribution in [0.15, 0.2) is 18.2 Å². The van der Waals surface area contributed by atoms with Crippen LogP contribution < -0.4 is 15.4 Å². The topological polar surface area (TPSA) is 102 Å². The van der Waals surface area contributed by atoms with E-state index in [1.807, 2.05) is 0 Å². The highest BCUT2D eigenvalue weighted by Gasteiger charge is 2.45. The van der Waals surface area contributed by atoms with Crippen molar-refractivity contribution in [2.24, 2.45) is 29.6 Å². The van der Waals surface area contributed by atoms with Crippen LogP contribution in [-0.4, -0.2) is 43.1 Å². The van der Waals surface area contributed by atoms with Gasteiger partial charge in [0.2, 0.25) is 11.8 Å². The number of ketones is 1. The first-order valence-electron chi connectivity index (χ1n) is 12.0. The third-order valence-electron chi connectivity index (χ3n) is 7.61. The summed E-state index contributed by atoms with van der Waals surface area (Å²) in [5, 5.41) is 6.46. The number of ether oxygens (including phenoxy) is 1. The molecule has 3 aliphatic rings. The number of amides is 2. The third-order valence-corrected chi connectivity index (χ3v) is 8.14. The number of aldehydes is 1. The first-order valence-corrected chi connectivity index (χ1v) is 12.7. The Kier molecular flexibility index (Phi) is 8.14. The molecule has 1 aliphatic heterocycles. The first-order chi connectivity index (χ1) is 16.4. The summed E-state index contributed by atoms with van der Waals surface area (Å²) in [6.45, 7) is 0.480. The Morgan fingerprint density at radius 3 is 2.74 bits per heavy atom. The normalized spacial score (nSPS) is 29.1. The van der Waals surface area contributed by atoms with E-state index in [4.69, 9.17) is 27.9 Å². The van der Waals surface area contributed by atoms with Gasteiger partial charge in [-0.3, -0.25) is 14.4 Å². The van der Waals surface area contributed by atoms with Gasteiger partial charge in [-0.05, 0) is 62.1 Å². The Labute approximate surface area is 209 Å². The van der Waals surface area contributed by atoms with Crippen molar-refractivity contribution in [3.63, 3.8) is 0 Å². The summed E-state index contributed by atoms with van der Waals surface area (Å²) in [5.74, 6) is -0.243. The lowest BCUT2D eigenvalue weighted by Crippen LogP contribution is -2.47. The van der Waals surface area contributed by atoms with E-state index in [2.05, 4.69) is 10.6 Å². The van der Waals surface area contributed by atoms with Crippen LogP contribution in [0.4, 0.5) is 0 Å². The summed E-state index contributed by atoms with van der Waals surface area (Å²) >= 11 is 12.1. The van der Waals surface area contributed by atoms with Crippen LogP contribution in [0.1, 0.15) is 44.9 Å². The molecule has 2 amide bonds. The molecule has 9 heteroatoms. The van der Waals surface area contributed by atoms with Crippen LogP contribution in [0.2, 0.25) is 10.0 Å². The smallest absolute Gasteiger partial charge is 0.223 e. The second kappa shape index (κ2) is 11.1. The highest BCUT2D eigenvalue weighted by atomic mass is 35.5. The molecular formula is C25H30Cl2N2O5. The molecule has 3 fully saturated rings. The number of hydrogen-bond acceptors (Lipinski definition) is 5. The number of fused-ring (bicyclic) bond motifs is 1. The van der Waals surface area contributed by atoms with E-state index in [1.54, 1.807) is 18.2 Å². The minimum atomic E-state index is -0.701. The van der Waals surface area contributed by atoms with E-state index in [0.717, 1.165) is 25.7 Å². The monoisotopic (exact) mass is 508 g/mol. The van der Waals surface area contributed by atoms with Gasteiger partial charge < -0.3 is 20.2 Å². The minimum Gasteiger partial charge on any atom is -0.484 e. The molecule has 0 bridgehead atoms. The summed E-state index contributed by atoms with van der Waals surface area (Å²) in [4.78, 5) is 49.8. The van der Waals surface area contributed by atoms with Gasteiger partial charge in [0, 0.05) is 29.3 Å². The maximum atomic E-state index is 13.2. The number of benzene rings is 1. The van der Waals surface area contributed by atoms with Crippen molar-refractivity contribution in [2.75, 3.05) is 13.2 Å². The number of Topliss-reactive ketones (excluding diaryl/α,β-unsaturated/α-hetero) is 1. The second-order valence-corrected chi connectivity index (χ2v) is 10.6. The summed E-state index contributed by atoms with van der Waals surface area (Å²) in [5.41, 5.74) is 0. The Hall–Kier alpha value is -2.12. The third kappa shape index (κ3) is 5.74. The molecule has 1 saturated heterocycles. The zero-order valence-electron chi connectivity index (χ0n) is 18.9. The first kappa shape index (κ1) is 25.0. The highest BCUT2D eigenvalue weighted by molar-refractivity contribution is 6.35. The summed E-state index contributed by atoms with van der Waals surface area (Å²) < 4.78 is 5.66. The molecule has 0 spiro atoms. The zero-order valence-corrected chi connectivity index (χ0v) is 20.4. The lowest BCUT2D eigenvalue weighted by molar-refractivity contribution is -0.135. The van der Waals surface area contributed by atoms with Gasteiger partial charge in [0.05, 0.1) is 11.1 Å². The largest absolute Gasteiger partial charge is 0.484 e. The molecule has 1 aromatic rings. The quantitative estimate of drug-likeness (QED) is 0.496. The predicted molar refractivity (Wildman–Crippen MR) is 128 cm³/mol. The summed E-state index contributed by atoms with van der Waals surface area (Å²) in [6.07, 6.45) is 5.88. The van der Waals surface area contributed by atoms with E-state index in [1.165, 1.54) is 0 Å². The maximum Gasteiger partial charge on any atom is 0.223 e. The molecule has 2 N–H and O–H groups in total. The average molecular weight is 509 g/mol. The highest BCUT2D eigenvalue weighted by Crippen LogP contribution is 2.48. The molecule has 0 aromatic heterocycles. The molecule has 7 nitrogen and oxygen atoms in total. The lowest BCUT2D eigenvalue weighted by Gasteiger charge is -2.37. The van der Waals surface area contributed by atoms with Gasteiger partial charge in [-0.15, -0.1) is 0 Å². The van der Waals surface area contributed by atoms with Gasteiger partial charge in [-0.2, -0.15) is 0 Å². The standard InChI is InChI=1S/C25H30Cl2N2O5/c26-17-4-5-23(21(27)11-17)34-13-22(31)16-8-14-2-1-3-19(14)20(10-16)25(33)29-18(12-30)9-15-6-7-28-24(15)32/h4-5,11-12,14-16,18-20H,1-3,6-10,13H2,(H,28,32)(H,29,33)/t14?,15-,16?,18-,19-,20-/m0/s1. The van der Waals surface area contributed by atoms with Crippen molar-refractivity contribution < 1.29 is 23.9 Å². The number of carbonyl (C=O) groups excluding carboxylic acids is 4. The van der Waals surface area contributed by atoms with Crippen molar-refractivity contribution in [1.29, 1.82) is 0 Å². The van der Waals surface area contributed by atoms with E-state index in [9.17, 15) is 19.2 Å². The maximum absolute atomic E-state index is 13.2. The van der Waals surface area contributed by atoms with Crippen LogP contribution in [0.25, 0.3) is 0 Å². The van der Waals surface area contributed by atoms with E-state index < -0.39 is 6.04 Å². The zero-order chi connectivity index (χ0) is 24.2. The van der Waals surface area contributed by atoms with Gasteiger partial charge in [-0.25, -0.2) is 0 Å². The fourth-order valence-corrected chi connectivity index (χ4v) is 6.33. The van der Waals surface area contributed by atoms with Crippen LogP contribution in [-0.2, 0) is 19.2 Å². The molecule has 2 saturated carbocycles. The van der Waals surface area contributed by atoms with Crippen LogP contribution >= 0.6 is 23.2 Å². The van der Waals surface area contributed by atoms with E-state index >= 15 is 0 Å². The van der Waals surface area contributed by atoms with Crippen molar-refractivity contribution in [3.8, 4) is 5.75 Å². The molecule has 4 rings (SSSR count). The van der Waals surface area contributed by atoms with E-state index in [0.29, 0.717) is 53.8 Å². The molecular weight excluding hydrogens is 479 g/mol. The Morgan fingerprint density at radius 1 is 1.21 bits per heavy atom. The Balaban J connectivity index is 1.38. The van der Waals surface area contributed by atoms with Crippen molar-refractivity contribution >= 4 is 47.1 Å². The molecule has 2 unspecified atom stereocenters. The fraction of sp³-hybridized carbons (Fsp3) is 0.600. The van der Waals surface area contributed by atoms with E-state index in [-0.39, 0.29) is 47.9 Å². The van der Waals surface area contributed by atoms with Gasteiger partial charge in [-0.1, -0.05) is 36.0 Å². The molecule has 184 valence electrons. The van der Waals surface area contributed by atoms with Crippen LogP contribution in [0, 0.1) is 29.6 Å². The average Bonchev–Trinajstić information content (AvgIpc) is 3.45. The Morgan fingerprint density at radius 2 is 2.03 bits per heavy atom. The number of hydrogen-bond donors (Lipinski definition) is 2. The molecule has 34 heavy (non-hydrogen) atoms. The molecule has 1 heterocycles. The van der Waals surface area contributed by atoms with Gasteiger partial charge in [0.15, 0.2) is 5.78 Å². The molecule has 6 atom stereocenters.